The van der Waals surface area contributed by atoms with Crippen LogP contribution in [0.3, 0.4) is 0 Å². The molecule has 1 heterocycles. The molecule has 3 aromatic rings. The summed E-state index contributed by atoms with van der Waals surface area (Å²) < 4.78 is 7.46. The molecular weight excluding hydrogens is 318 g/mol. The fraction of sp³-hybridized carbons (Fsp3) is 0.211. The maximum Gasteiger partial charge on any atom is 0.257 e. The van der Waals surface area contributed by atoms with Crippen molar-refractivity contribution in [2.45, 2.75) is 13.0 Å². The molecule has 1 amide bonds. The molecule has 128 valence electrons. The predicted molar refractivity (Wildman–Crippen MR) is 94.7 cm³/mol. The van der Waals surface area contributed by atoms with E-state index in [1.165, 1.54) is 0 Å². The summed E-state index contributed by atoms with van der Waals surface area (Å²) in [6, 6.07) is 14.8. The molecule has 0 aliphatic rings. The molecule has 0 aliphatic heterocycles. The highest BCUT2D eigenvalue weighted by molar-refractivity contribution is 5.80. The molecule has 6 nitrogen and oxygen atoms in total. The molecule has 0 radical (unpaired) electrons. The van der Waals surface area contributed by atoms with Crippen molar-refractivity contribution in [2.24, 2.45) is 0 Å². The normalized spacial score (nSPS) is 10.6. The summed E-state index contributed by atoms with van der Waals surface area (Å²) in [5.74, 6) is 0.203. The maximum atomic E-state index is 11.8. The van der Waals surface area contributed by atoms with Crippen molar-refractivity contribution in [3.8, 4) is 5.75 Å². The Morgan fingerprint density at radius 2 is 1.96 bits per heavy atom. The molecule has 25 heavy (non-hydrogen) atoms. The fourth-order valence-corrected chi connectivity index (χ4v) is 2.57. The predicted octanol–water partition coefficient (Wildman–Crippen LogP) is 2.43. The molecule has 6 heteroatoms. The molecule has 0 saturated heterocycles. The van der Waals surface area contributed by atoms with Crippen molar-refractivity contribution in [1.82, 2.24) is 14.9 Å². The number of imidazole rings is 1. The van der Waals surface area contributed by atoms with Gasteiger partial charge in [-0.25, -0.2) is 4.98 Å². The van der Waals surface area contributed by atoms with Crippen LogP contribution in [0.5, 0.6) is 5.75 Å². The number of hydrogen-bond donors (Lipinski definition) is 1. The number of amides is 1. The zero-order valence-corrected chi connectivity index (χ0v) is 13.7. The van der Waals surface area contributed by atoms with E-state index in [0.29, 0.717) is 24.1 Å². The van der Waals surface area contributed by atoms with Gasteiger partial charge in [0, 0.05) is 13.1 Å². The number of hydrogen-bond acceptors (Lipinski definition) is 4. The summed E-state index contributed by atoms with van der Waals surface area (Å²) in [7, 11) is 0. The van der Waals surface area contributed by atoms with E-state index in [1.807, 2.05) is 30.6 Å². The Hall–Kier alpha value is -3.15. The Bertz CT molecular complexity index is 873. The lowest BCUT2D eigenvalue weighted by atomic mass is 10.2. The molecule has 1 N–H and O–H groups in total. The molecule has 0 aliphatic carbocycles. The van der Waals surface area contributed by atoms with Crippen LogP contribution in [0.1, 0.15) is 16.8 Å². The summed E-state index contributed by atoms with van der Waals surface area (Å²) in [4.78, 5) is 27.1. The molecule has 2 aromatic carbocycles. The molecule has 0 unspecified atom stereocenters. The molecule has 0 spiro atoms. The Labute approximate surface area is 145 Å². The van der Waals surface area contributed by atoms with Crippen LogP contribution in [0.25, 0.3) is 11.0 Å². The van der Waals surface area contributed by atoms with Crippen molar-refractivity contribution >= 4 is 23.2 Å². The van der Waals surface area contributed by atoms with Crippen LogP contribution in [-0.4, -0.2) is 34.9 Å². The minimum Gasteiger partial charge on any atom is -0.483 e. The molecule has 0 saturated carbocycles. The first-order chi connectivity index (χ1) is 12.3. The third-order valence-corrected chi connectivity index (χ3v) is 3.83. The van der Waals surface area contributed by atoms with E-state index in [2.05, 4.69) is 14.9 Å². The zero-order chi connectivity index (χ0) is 17.5. The van der Waals surface area contributed by atoms with Gasteiger partial charge in [-0.2, -0.15) is 0 Å². The second kappa shape index (κ2) is 8.10. The van der Waals surface area contributed by atoms with Crippen molar-refractivity contribution in [3.63, 3.8) is 0 Å². The average Bonchev–Trinajstić information content (AvgIpc) is 3.07. The number of fused-ring (bicyclic) bond motifs is 1. The van der Waals surface area contributed by atoms with Crippen molar-refractivity contribution in [3.05, 3.63) is 60.4 Å². The lowest BCUT2D eigenvalue weighted by Gasteiger charge is -2.09. The Morgan fingerprint density at radius 3 is 2.84 bits per heavy atom. The van der Waals surface area contributed by atoms with E-state index in [4.69, 9.17) is 4.74 Å². The standard InChI is InChI=1S/C19H19N3O3/c23-12-15-6-1-4-9-18(15)25-13-19(24)20-10-5-11-22-14-21-16-7-2-3-8-17(16)22/h1-4,6-9,12,14H,5,10-11,13H2,(H,20,24). The van der Waals surface area contributed by atoms with Gasteiger partial charge in [-0.05, 0) is 30.7 Å². The molecule has 0 bridgehead atoms. The van der Waals surface area contributed by atoms with Crippen LogP contribution in [0, 0.1) is 0 Å². The van der Waals surface area contributed by atoms with Gasteiger partial charge in [-0.3, -0.25) is 9.59 Å². The number of nitrogens with one attached hydrogen (secondary N) is 1. The Kier molecular flexibility index (Phi) is 5.41. The number of carbonyl (C=O) groups is 2. The minimum absolute atomic E-state index is 0.112. The average molecular weight is 337 g/mol. The van der Waals surface area contributed by atoms with Crippen molar-refractivity contribution in [2.75, 3.05) is 13.2 Å². The summed E-state index contributed by atoms with van der Waals surface area (Å²) in [6.45, 7) is 1.21. The van der Waals surface area contributed by atoms with Crippen LogP contribution >= 0.6 is 0 Å². The maximum absolute atomic E-state index is 11.8. The number of ether oxygens (including phenoxy) is 1. The molecule has 3 rings (SSSR count). The van der Waals surface area contributed by atoms with E-state index in [9.17, 15) is 9.59 Å². The van der Waals surface area contributed by atoms with Gasteiger partial charge >= 0.3 is 0 Å². The van der Waals surface area contributed by atoms with Gasteiger partial charge in [0.1, 0.15) is 5.75 Å². The van der Waals surface area contributed by atoms with Crippen LogP contribution in [0.4, 0.5) is 0 Å². The Morgan fingerprint density at radius 1 is 1.16 bits per heavy atom. The lowest BCUT2D eigenvalue weighted by molar-refractivity contribution is -0.123. The SMILES string of the molecule is O=Cc1ccccc1OCC(=O)NCCCn1cnc2ccccc21. The first-order valence-corrected chi connectivity index (χ1v) is 8.11. The van der Waals surface area contributed by atoms with Gasteiger partial charge in [0.05, 0.1) is 22.9 Å². The number of carbonyl (C=O) groups excluding carboxylic acids is 2. The van der Waals surface area contributed by atoms with E-state index >= 15 is 0 Å². The summed E-state index contributed by atoms with van der Waals surface area (Å²) in [6.07, 6.45) is 3.31. The highest BCUT2D eigenvalue weighted by Crippen LogP contribution is 2.15. The van der Waals surface area contributed by atoms with E-state index in [-0.39, 0.29) is 12.5 Å². The number of para-hydroxylation sites is 3. The molecule has 1 aromatic heterocycles. The van der Waals surface area contributed by atoms with Gasteiger partial charge < -0.3 is 14.6 Å². The van der Waals surface area contributed by atoms with Gasteiger partial charge in [-0.1, -0.05) is 24.3 Å². The number of rotatable bonds is 8. The van der Waals surface area contributed by atoms with Gasteiger partial charge in [0.25, 0.3) is 5.91 Å². The second-order valence-corrected chi connectivity index (χ2v) is 5.57. The third kappa shape index (κ3) is 4.23. The van der Waals surface area contributed by atoms with Gasteiger partial charge in [0.2, 0.25) is 0 Å². The van der Waals surface area contributed by atoms with Crippen molar-refractivity contribution < 1.29 is 14.3 Å². The smallest absolute Gasteiger partial charge is 0.257 e. The van der Waals surface area contributed by atoms with E-state index in [1.54, 1.807) is 24.3 Å². The molecule has 0 atom stereocenters. The summed E-state index contributed by atoms with van der Waals surface area (Å²) >= 11 is 0. The number of benzene rings is 2. The highest BCUT2D eigenvalue weighted by atomic mass is 16.5. The summed E-state index contributed by atoms with van der Waals surface area (Å²) in [5, 5.41) is 2.81. The van der Waals surface area contributed by atoms with Crippen LogP contribution in [-0.2, 0) is 11.3 Å². The first kappa shape index (κ1) is 16.7. The van der Waals surface area contributed by atoms with Crippen LogP contribution in [0.15, 0.2) is 54.9 Å². The topological polar surface area (TPSA) is 73.2 Å². The fourth-order valence-electron chi connectivity index (χ4n) is 2.57. The van der Waals surface area contributed by atoms with E-state index < -0.39 is 0 Å². The van der Waals surface area contributed by atoms with Crippen molar-refractivity contribution in [1.29, 1.82) is 0 Å². The number of aldehydes is 1. The molecule has 0 fully saturated rings. The van der Waals surface area contributed by atoms with E-state index in [0.717, 1.165) is 24.0 Å². The van der Waals surface area contributed by atoms with Crippen LogP contribution < -0.4 is 10.1 Å². The third-order valence-electron chi connectivity index (χ3n) is 3.83. The quantitative estimate of drug-likeness (QED) is 0.506. The molecular formula is C19H19N3O3. The number of aryl methyl sites for hydroxylation is 1. The largest absolute Gasteiger partial charge is 0.483 e. The Balaban J connectivity index is 1.41. The summed E-state index contributed by atoms with van der Waals surface area (Å²) in [5.41, 5.74) is 2.48. The minimum atomic E-state index is -0.212. The van der Waals surface area contributed by atoms with Gasteiger partial charge in [-0.15, -0.1) is 0 Å². The zero-order valence-electron chi connectivity index (χ0n) is 13.7. The highest BCUT2D eigenvalue weighted by Gasteiger charge is 2.06. The monoisotopic (exact) mass is 337 g/mol. The first-order valence-electron chi connectivity index (χ1n) is 8.11. The second-order valence-electron chi connectivity index (χ2n) is 5.57. The van der Waals surface area contributed by atoms with Crippen LogP contribution in [0.2, 0.25) is 0 Å². The van der Waals surface area contributed by atoms with Gasteiger partial charge in [0.15, 0.2) is 12.9 Å². The number of aromatic nitrogens is 2. The number of nitrogens with zero attached hydrogens (tertiary/aromatic N) is 2. The lowest BCUT2D eigenvalue weighted by Crippen LogP contribution is -2.30.